The van der Waals surface area contributed by atoms with E-state index in [9.17, 15) is 9.59 Å². The van der Waals surface area contributed by atoms with Gasteiger partial charge in [-0.2, -0.15) is 0 Å². The predicted molar refractivity (Wildman–Crippen MR) is 92.0 cm³/mol. The second-order valence-electron chi connectivity index (χ2n) is 5.38. The largest absolute Gasteiger partial charge is 0.494 e. The summed E-state index contributed by atoms with van der Waals surface area (Å²) < 4.78 is 6.41. The van der Waals surface area contributed by atoms with Crippen LogP contribution < -0.4 is 9.64 Å². The van der Waals surface area contributed by atoms with E-state index in [4.69, 9.17) is 4.74 Å². The zero-order valence-electron chi connectivity index (χ0n) is 12.9. The van der Waals surface area contributed by atoms with Crippen molar-refractivity contribution in [3.63, 3.8) is 0 Å². The van der Waals surface area contributed by atoms with Gasteiger partial charge in [-0.1, -0.05) is 34.1 Å². The highest BCUT2D eigenvalue weighted by atomic mass is 79.9. The minimum atomic E-state index is -0.493. The number of hydrogen-bond donors (Lipinski definition) is 0. The molecule has 1 amide bonds. The first-order chi connectivity index (χ1) is 11.0. The molecule has 1 aliphatic rings. The number of ketones is 1. The van der Waals surface area contributed by atoms with E-state index >= 15 is 0 Å². The third kappa shape index (κ3) is 2.77. The first-order valence-electron chi connectivity index (χ1n) is 7.40. The van der Waals surface area contributed by atoms with Crippen LogP contribution in [-0.4, -0.2) is 18.3 Å². The molecular formula is C18H16BrNO3. The lowest BCUT2D eigenvalue weighted by atomic mass is 10.1. The molecular weight excluding hydrogens is 358 g/mol. The third-order valence-electron chi connectivity index (χ3n) is 3.82. The topological polar surface area (TPSA) is 46.6 Å². The first-order valence-corrected chi connectivity index (χ1v) is 8.19. The maximum absolute atomic E-state index is 12.4. The number of hydrogen-bond acceptors (Lipinski definition) is 3. The Labute approximate surface area is 143 Å². The summed E-state index contributed by atoms with van der Waals surface area (Å²) in [5.41, 5.74) is 2.92. The lowest BCUT2D eigenvalue weighted by Gasteiger charge is -2.20. The highest BCUT2D eigenvalue weighted by Gasteiger charge is 2.37. The van der Waals surface area contributed by atoms with Gasteiger partial charge in [-0.15, -0.1) is 0 Å². The molecule has 0 radical (unpaired) electrons. The average Bonchev–Trinajstić information content (AvgIpc) is 2.75. The van der Waals surface area contributed by atoms with Crippen LogP contribution in [0, 0.1) is 6.92 Å². The van der Waals surface area contributed by atoms with E-state index in [0.717, 1.165) is 21.3 Å². The molecule has 0 atom stereocenters. The molecule has 2 aromatic carbocycles. The van der Waals surface area contributed by atoms with E-state index in [0.29, 0.717) is 24.4 Å². The molecule has 2 aromatic rings. The average molecular weight is 374 g/mol. The third-order valence-corrected chi connectivity index (χ3v) is 4.28. The summed E-state index contributed by atoms with van der Waals surface area (Å²) in [4.78, 5) is 26.2. The number of para-hydroxylation sites is 1. The second-order valence-corrected chi connectivity index (χ2v) is 6.30. The van der Waals surface area contributed by atoms with Crippen molar-refractivity contribution in [1.29, 1.82) is 0 Å². The molecule has 118 valence electrons. The molecule has 1 heterocycles. The fourth-order valence-corrected chi connectivity index (χ4v) is 3.43. The monoisotopic (exact) mass is 373 g/mol. The summed E-state index contributed by atoms with van der Waals surface area (Å²) in [7, 11) is 0. The zero-order chi connectivity index (χ0) is 16.6. The van der Waals surface area contributed by atoms with E-state index in [1.54, 1.807) is 6.07 Å². The van der Waals surface area contributed by atoms with Crippen LogP contribution in [0.15, 0.2) is 40.9 Å². The molecule has 0 saturated carbocycles. The van der Waals surface area contributed by atoms with Crippen molar-refractivity contribution in [3.05, 3.63) is 57.6 Å². The highest BCUT2D eigenvalue weighted by molar-refractivity contribution is 9.10. The van der Waals surface area contributed by atoms with Gasteiger partial charge in [0.1, 0.15) is 5.75 Å². The minimum absolute atomic E-state index is 0.316. The van der Waals surface area contributed by atoms with Crippen molar-refractivity contribution in [1.82, 2.24) is 0 Å². The fraction of sp³-hybridized carbons (Fsp3) is 0.222. The van der Waals surface area contributed by atoms with Crippen molar-refractivity contribution >= 4 is 33.3 Å². The van der Waals surface area contributed by atoms with Crippen LogP contribution in [0.2, 0.25) is 0 Å². The standard InChI is InChI=1S/C18H16BrNO3/c1-3-23-15-7-5-4-6-12(15)10-20-16-11(2)8-13(19)9-14(16)17(21)18(20)22/h4-9H,3,10H2,1-2H3. The number of carbonyl (C=O) groups is 2. The van der Waals surface area contributed by atoms with Crippen LogP contribution >= 0.6 is 15.9 Å². The van der Waals surface area contributed by atoms with Crippen LogP contribution in [0.4, 0.5) is 5.69 Å². The Balaban J connectivity index is 2.03. The number of nitrogens with zero attached hydrogens (tertiary/aromatic N) is 1. The lowest BCUT2D eigenvalue weighted by molar-refractivity contribution is -0.114. The molecule has 0 bridgehead atoms. The molecule has 0 fully saturated rings. The minimum Gasteiger partial charge on any atom is -0.494 e. The van der Waals surface area contributed by atoms with Crippen LogP contribution in [0.5, 0.6) is 5.75 Å². The van der Waals surface area contributed by atoms with Crippen molar-refractivity contribution in [2.24, 2.45) is 0 Å². The molecule has 5 heteroatoms. The number of ether oxygens (including phenoxy) is 1. The van der Waals surface area contributed by atoms with Gasteiger partial charge in [-0.3, -0.25) is 14.5 Å². The number of fused-ring (bicyclic) bond motifs is 1. The van der Waals surface area contributed by atoms with E-state index in [1.807, 2.05) is 44.2 Å². The van der Waals surface area contributed by atoms with Crippen LogP contribution in [0.25, 0.3) is 0 Å². The lowest BCUT2D eigenvalue weighted by Crippen LogP contribution is -2.29. The SMILES string of the molecule is CCOc1ccccc1CN1C(=O)C(=O)c2cc(Br)cc(C)c21. The predicted octanol–water partition coefficient (Wildman–Crippen LogP) is 3.89. The van der Waals surface area contributed by atoms with Crippen molar-refractivity contribution < 1.29 is 14.3 Å². The summed E-state index contributed by atoms with van der Waals surface area (Å²) in [6.07, 6.45) is 0. The number of halogens is 1. The van der Waals surface area contributed by atoms with Gasteiger partial charge in [-0.05, 0) is 37.6 Å². The Morgan fingerprint density at radius 1 is 1.17 bits per heavy atom. The van der Waals surface area contributed by atoms with Gasteiger partial charge >= 0.3 is 0 Å². The molecule has 3 rings (SSSR count). The van der Waals surface area contributed by atoms with Gasteiger partial charge in [0.05, 0.1) is 24.4 Å². The molecule has 0 spiro atoms. The number of carbonyl (C=O) groups excluding carboxylic acids is 2. The fourth-order valence-electron chi connectivity index (χ4n) is 2.86. The van der Waals surface area contributed by atoms with Gasteiger partial charge in [0.15, 0.2) is 0 Å². The number of benzene rings is 2. The number of Topliss-reactive ketones (excluding diaryl/α,β-unsaturated/α-hetero) is 1. The molecule has 0 N–H and O–H groups in total. The number of rotatable bonds is 4. The number of anilines is 1. The Bertz CT molecular complexity index is 801. The molecule has 23 heavy (non-hydrogen) atoms. The highest BCUT2D eigenvalue weighted by Crippen LogP contribution is 2.36. The van der Waals surface area contributed by atoms with Gasteiger partial charge in [0.2, 0.25) is 0 Å². The van der Waals surface area contributed by atoms with Gasteiger partial charge < -0.3 is 4.74 Å². The zero-order valence-corrected chi connectivity index (χ0v) is 14.5. The molecule has 4 nitrogen and oxygen atoms in total. The summed E-state index contributed by atoms with van der Waals surface area (Å²) in [6, 6.07) is 11.2. The van der Waals surface area contributed by atoms with Crippen LogP contribution in [-0.2, 0) is 11.3 Å². The van der Waals surface area contributed by atoms with Crippen molar-refractivity contribution in [2.75, 3.05) is 11.5 Å². The second kappa shape index (κ2) is 6.16. The normalized spacial score (nSPS) is 13.4. The molecule has 0 aliphatic carbocycles. The van der Waals surface area contributed by atoms with Gasteiger partial charge in [0.25, 0.3) is 11.7 Å². The van der Waals surface area contributed by atoms with Crippen molar-refractivity contribution in [2.45, 2.75) is 20.4 Å². The summed E-state index contributed by atoms with van der Waals surface area (Å²) in [5, 5.41) is 0. The van der Waals surface area contributed by atoms with E-state index in [1.165, 1.54) is 4.90 Å². The first kappa shape index (κ1) is 15.7. The molecule has 0 aromatic heterocycles. The van der Waals surface area contributed by atoms with Gasteiger partial charge in [-0.25, -0.2) is 0 Å². The summed E-state index contributed by atoms with van der Waals surface area (Å²) in [6.45, 7) is 4.68. The van der Waals surface area contributed by atoms with Crippen LogP contribution in [0.1, 0.15) is 28.4 Å². The smallest absolute Gasteiger partial charge is 0.299 e. The Hall–Kier alpha value is -2.14. The summed E-state index contributed by atoms with van der Waals surface area (Å²) >= 11 is 3.38. The van der Waals surface area contributed by atoms with Crippen molar-refractivity contribution in [3.8, 4) is 5.75 Å². The van der Waals surface area contributed by atoms with E-state index < -0.39 is 11.7 Å². The van der Waals surface area contributed by atoms with E-state index in [2.05, 4.69) is 15.9 Å². The maximum atomic E-state index is 12.4. The number of amides is 1. The summed E-state index contributed by atoms with van der Waals surface area (Å²) in [5.74, 6) is -0.218. The van der Waals surface area contributed by atoms with Crippen LogP contribution in [0.3, 0.4) is 0 Å². The Morgan fingerprint density at radius 3 is 2.65 bits per heavy atom. The molecule has 0 saturated heterocycles. The Kier molecular flexibility index (Phi) is 4.22. The van der Waals surface area contributed by atoms with E-state index in [-0.39, 0.29) is 0 Å². The molecule has 1 aliphatic heterocycles. The molecule has 0 unspecified atom stereocenters. The quantitative estimate of drug-likeness (QED) is 0.763. The number of aryl methyl sites for hydroxylation is 1. The van der Waals surface area contributed by atoms with Gasteiger partial charge in [0, 0.05) is 10.0 Å². The Morgan fingerprint density at radius 2 is 1.91 bits per heavy atom. The maximum Gasteiger partial charge on any atom is 0.299 e.